The van der Waals surface area contributed by atoms with Crippen molar-refractivity contribution in [2.45, 2.75) is 96.5 Å². The number of unbranched alkanes of at least 4 members (excludes halogenated alkanes) is 9. The number of hydrogen-bond donors (Lipinski definition) is 1. The van der Waals surface area contributed by atoms with Crippen LogP contribution >= 0.6 is 11.6 Å². The second-order valence-corrected chi connectivity index (χ2v) is 13.9. The second-order valence-electron chi connectivity index (χ2n) is 13.5. The minimum Gasteiger partial charge on any atom is -0.494 e. The highest BCUT2D eigenvalue weighted by molar-refractivity contribution is 6.53. The summed E-state index contributed by atoms with van der Waals surface area (Å²) in [6, 6.07) is 19.7. The summed E-state index contributed by atoms with van der Waals surface area (Å²) in [5.41, 5.74) is -0.255. The lowest BCUT2D eigenvalue weighted by Gasteiger charge is -2.30. The fourth-order valence-corrected chi connectivity index (χ4v) is 6.97. The molecule has 0 radical (unpaired) electrons. The molecule has 1 unspecified atom stereocenters. The largest absolute Gasteiger partial charge is 0.494 e. The number of rotatable bonds is 19. The summed E-state index contributed by atoms with van der Waals surface area (Å²) in [5.74, 6) is -2.80. The molecule has 2 aliphatic heterocycles. The number of halogens is 1. The van der Waals surface area contributed by atoms with E-state index in [2.05, 4.69) is 18.7 Å². The Morgan fingerprint density at radius 3 is 1.94 bits per heavy atom. The number of ether oxygens (including phenoxy) is 4. The van der Waals surface area contributed by atoms with Gasteiger partial charge in [0.2, 0.25) is 5.75 Å². The molecule has 10 heteroatoms. The van der Waals surface area contributed by atoms with E-state index in [1.165, 1.54) is 64.0 Å². The number of benzene rings is 3. The van der Waals surface area contributed by atoms with E-state index >= 15 is 0 Å². The number of nitrogens with zero attached hydrogens (tertiary/aromatic N) is 1. The molecule has 1 atom stereocenters. The van der Waals surface area contributed by atoms with Crippen molar-refractivity contribution in [2.24, 2.45) is 0 Å². The summed E-state index contributed by atoms with van der Waals surface area (Å²) in [6.45, 7) is 8.60. The molecule has 0 aromatic heterocycles. The third-order valence-electron chi connectivity index (χ3n) is 9.65. The molecule has 5 rings (SSSR count). The third-order valence-corrected chi connectivity index (χ3v) is 10.1. The van der Waals surface area contributed by atoms with E-state index in [-0.39, 0.29) is 17.2 Å². The van der Waals surface area contributed by atoms with Crippen molar-refractivity contribution in [1.82, 2.24) is 4.90 Å². The summed E-state index contributed by atoms with van der Waals surface area (Å²) in [5, 5.41) is 11.2. The smallest absolute Gasteiger partial charge is 0.345 e. The maximum absolute atomic E-state index is 13.0. The summed E-state index contributed by atoms with van der Waals surface area (Å²) in [7, 11) is 0. The number of hydrogen-bond acceptors (Lipinski definition) is 9. The maximum Gasteiger partial charge on any atom is 0.345 e. The van der Waals surface area contributed by atoms with E-state index in [9.17, 15) is 19.5 Å². The third kappa shape index (κ3) is 10.2. The average Bonchev–Trinajstić information content (AvgIpc) is 3.13. The topological polar surface area (TPSA) is 112 Å². The van der Waals surface area contributed by atoms with Crippen molar-refractivity contribution in [3.63, 3.8) is 0 Å². The lowest BCUT2D eigenvalue weighted by atomic mass is 9.92. The molecular weight excluding hydrogens is 682 g/mol. The molecule has 2 bridgehead atoms. The van der Waals surface area contributed by atoms with E-state index in [1.54, 1.807) is 6.07 Å². The zero-order valence-corrected chi connectivity index (χ0v) is 31.1. The summed E-state index contributed by atoms with van der Waals surface area (Å²) in [4.78, 5) is 41.1. The molecule has 1 N–H and O–H groups in total. The van der Waals surface area contributed by atoms with Gasteiger partial charge in [0, 0.05) is 11.1 Å². The van der Waals surface area contributed by atoms with Crippen molar-refractivity contribution in [3.05, 3.63) is 83.4 Å². The van der Waals surface area contributed by atoms with Crippen LogP contribution in [-0.4, -0.2) is 59.8 Å². The number of aliphatic hydroxyl groups is 1. The molecular formula is C42H50ClNO8. The fourth-order valence-electron chi connectivity index (χ4n) is 6.63. The quantitative estimate of drug-likeness (QED) is 0.0560. The molecule has 2 aliphatic rings. The van der Waals surface area contributed by atoms with Crippen LogP contribution in [0.5, 0.6) is 23.0 Å². The van der Waals surface area contributed by atoms with Crippen LogP contribution in [0.1, 0.15) is 108 Å². The lowest BCUT2D eigenvalue weighted by Crippen LogP contribution is -2.48. The molecule has 9 nitrogen and oxygen atoms in total. The molecule has 52 heavy (non-hydrogen) atoms. The maximum atomic E-state index is 13.0. The number of carbonyl (C=O) groups is 3. The van der Waals surface area contributed by atoms with Crippen molar-refractivity contribution in [3.8, 4) is 23.0 Å². The van der Waals surface area contributed by atoms with Gasteiger partial charge in [-0.05, 0) is 67.9 Å². The van der Waals surface area contributed by atoms with Gasteiger partial charge in [0.1, 0.15) is 5.75 Å². The van der Waals surface area contributed by atoms with Gasteiger partial charge in [0.15, 0.2) is 17.1 Å². The van der Waals surface area contributed by atoms with Gasteiger partial charge in [-0.25, -0.2) is 4.79 Å². The van der Waals surface area contributed by atoms with E-state index in [4.69, 9.17) is 30.5 Å². The Morgan fingerprint density at radius 1 is 0.712 bits per heavy atom. The second kappa shape index (κ2) is 19.1. The molecule has 0 saturated carbocycles. The monoisotopic (exact) mass is 731 g/mol. The van der Waals surface area contributed by atoms with Crippen LogP contribution in [0.2, 0.25) is 0 Å². The first-order valence-corrected chi connectivity index (χ1v) is 19.0. The summed E-state index contributed by atoms with van der Waals surface area (Å²) < 4.78 is 22.8. The number of esters is 3. The highest BCUT2D eigenvalue weighted by Gasteiger charge is 2.48. The van der Waals surface area contributed by atoms with E-state index in [0.717, 1.165) is 25.9 Å². The van der Waals surface area contributed by atoms with E-state index in [0.29, 0.717) is 39.7 Å². The minimum atomic E-state index is -2.42. The molecule has 3 aromatic rings. The first kappa shape index (κ1) is 39.0. The van der Waals surface area contributed by atoms with Gasteiger partial charge in [0.25, 0.3) is 0 Å². The average molecular weight is 732 g/mol. The van der Waals surface area contributed by atoms with Crippen LogP contribution in [0.15, 0.2) is 66.7 Å². The van der Waals surface area contributed by atoms with Crippen molar-refractivity contribution >= 4 is 40.1 Å². The molecule has 0 amide bonds. The molecule has 0 fully saturated rings. The van der Waals surface area contributed by atoms with Crippen molar-refractivity contribution in [2.75, 3.05) is 26.2 Å². The highest BCUT2D eigenvalue weighted by atomic mass is 35.5. The predicted octanol–water partition coefficient (Wildman–Crippen LogP) is 8.72. The Hall–Kier alpha value is -4.18. The Kier molecular flexibility index (Phi) is 14.3. The van der Waals surface area contributed by atoms with Crippen LogP contribution in [0.25, 0.3) is 10.6 Å². The number of carbonyl (C=O) groups excluding carboxylic acids is 3. The Bertz CT molecular complexity index is 1700. The zero-order valence-electron chi connectivity index (χ0n) is 30.3. The zero-order chi connectivity index (χ0) is 36.9. The predicted molar refractivity (Wildman–Crippen MR) is 202 cm³/mol. The van der Waals surface area contributed by atoms with Crippen LogP contribution < -0.4 is 18.9 Å². The first-order valence-electron chi connectivity index (χ1n) is 18.7. The minimum absolute atomic E-state index is 0.121. The SMILES string of the molecule is CCN(CC)CCCCCCCCCCCCOc1ccc(/C(=C(/Cl)c2ccccc2)c2ccc3c4c2OC(=O)CC(O)(CC(=O)O3)C(=O)O4)cc1. The molecule has 0 aliphatic carbocycles. The Morgan fingerprint density at radius 2 is 1.31 bits per heavy atom. The standard InChI is InChI=1S/C42H50ClNO8/c1-3-44(4-2)26-16-11-9-7-5-6-8-10-12-17-27-49-32-22-20-30(21-23-32)37(38(43)31-18-14-13-15-19-31)33-24-25-34-40-39(33)51-36(46)29-42(48,41(47)52-40)28-35(45)50-34/h13-15,18-25,48H,3-12,16-17,26-29H2,1-2H3/b38-37-. The van der Waals surface area contributed by atoms with Crippen LogP contribution in [-0.2, 0) is 14.4 Å². The summed E-state index contributed by atoms with van der Waals surface area (Å²) >= 11 is 7.10. The number of fused-ring (bicyclic) bond motifs is 2. The van der Waals surface area contributed by atoms with E-state index < -0.39 is 36.4 Å². The van der Waals surface area contributed by atoms with Crippen molar-refractivity contribution in [1.29, 1.82) is 0 Å². The fraction of sp³-hybridized carbons (Fsp3) is 0.452. The first-order chi connectivity index (χ1) is 25.2. The van der Waals surface area contributed by atoms with Crippen LogP contribution in [0, 0.1) is 0 Å². The summed E-state index contributed by atoms with van der Waals surface area (Å²) in [6.07, 6.45) is 10.9. The molecule has 278 valence electrons. The van der Waals surface area contributed by atoms with E-state index in [1.807, 2.05) is 54.6 Å². The molecule has 0 saturated heterocycles. The Labute approximate surface area is 311 Å². The van der Waals surface area contributed by atoms with Crippen LogP contribution in [0.4, 0.5) is 0 Å². The lowest BCUT2D eigenvalue weighted by molar-refractivity contribution is -0.170. The molecule has 0 spiro atoms. The Balaban J connectivity index is 1.22. The highest BCUT2D eigenvalue weighted by Crippen LogP contribution is 2.49. The van der Waals surface area contributed by atoms with Gasteiger partial charge in [-0.1, -0.05) is 119 Å². The molecule has 3 aromatic carbocycles. The van der Waals surface area contributed by atoms with Gasteiger partial charge in [-0.3, -0.25) is 9.59 Å². The van der Waals surface area contributed by atoms with Gasteiger partial charge >= 0.3 is 17.9 Å². The van der Waals surface area contributed by atoms with Gasteiger partial charge < -0.3 is 29.0 Å². The molecule has 2 heterocycles. The normalized spacial score (nSPS) is 17.4. The van der Waals surface area contributed by atoms with Gasteiger partial charge in [-0.15, -0.1) is 0 Å². The van der Waals surface area contributed by atoms with Crippen molar-refractivity contribution < 1.29 is 38.4 Å². The van der Waals surface area contributed by atoms with Crippen LogP contribution in [0.3, 0.4) is 0 Å². The van der Waals surface area contributed by atoms with Gasteiger partial charge in [0.05, 0.1) is 24.5 Å². The van der Waals surface area contributed by atoms with Gasteiger partial charge in [-0.2, -0.15) is 0 Å².